The van der Waals surface area contributed by atoms with E-state index in [4.69, 9.17) is 14.3 Å². The van der Waals surface area contributed by atoms with Crippen LogP contribution < -0.4 is 25.2 Å². The van der Waals surface area contributed by atoms with E-state index in [9.17, 15) is 9.59 Å². The average Bonchev–Trinajstić information content (AvgIpc) is 2.73. The molecule has 0 bridgehead atoms. The summed E-state index contributed by atoms with van der Waals surface area (Å²) < 4.78 is 11.5. The number of nitrogens with zero attached hydrogens (tertiary/aromatic N) is 1. The smallest absolute Gasteiger partial charge is 0.295 e. The quantitative estimate of drug-likeness (QED) is 0.682. The molecule has 3 aromatic rings. The van der Waals surface area contributed by atoms with Crippen molar-refractivity contribution in [3.8, 4) is 11.5 Å². The lowest BCUT2D eigenvalue weighted by Gasteiger charge is -2.13. The fourth-order valence-electron chi connectivity index (χ4n) is 2.57. The van der Waals surface area contributed by atoms with Gasteiger partial charge in [0.1, 0.15) is 23.7 Å². The van der Waals surface area contributed by atoms with E-state index in [0.717, 1.165) is 10.3 Å². The van der Waals surface area contributed by atoms with Gasteiger partial charge in [0.05, 0.1) is 19.9 Å². The summed E-state index contributed by atoms with van der Waals surface area (Å²) in [6.45, 7) is 0.204. The molecule has 1 heterocycles. The summed E-state index contributed by atoms with van der Waals surface area (Å²) in [6, 6.07) is 17.4. The van der Waals surface area contributed by atoms with Gasteiger partial charge in [0.25, 0.3) is 11.5 Å². The topological polar surface area (TPSA) is 78.8 Å². The van der Waals surface area contributed by atoms with Crippen molar-refractivity contribution in [2.45, 2.75) is 6.61 Å². The molecule has 0 aliphatic carbocycles. The van der Waals surface area contributed by atoms with E-state index in [1.165, 1.54) is 26.5 Å². The summed E-state index contributed by atoms with van der Waals surface area (Å²) >= 11 is 0. The normalized spacial score (nSPS) is 10.2. The van der Waals surface area contributed by atoms with E-state index in [-0.39, 0.29) is 12.2 Å². The highest BCUT2D eigenvalue weighted by Gasteiger charge is 2.15. The van der Waals surface area contributed by atoms with Crippen LogP contribution in [0.1, 0.15) is 15.9 Å². The van der Waals surface area contributed by atoms with Crippen LogP contribution in [0, 0.1) is 0 Å². The van der Waals surface area contributed by atoms with Gasteiger partial charge >= 0.3 is 0 Å². The molecule has 1 aromatic heterocycles. The van der Waals surface area contributed by atoms with Gasteiger partial charge in [0, 0.05) is 12.3 Å². The van der Waals surface area contributed by atoms with Crippen molar-refractivity contribution in [2.75, 3.05) is 19.5 Å². The molecule has 0 unspecified atom stereocenters. The molecule has 0 saturated heterocycles. The van der Waals surface area contributed by atoms with Crippen molar-refractivity contribution in [1.29, 1.82) is 0 Å². The molecule has 2 aromatic carbocycles. The summed E-state index contributed by atoms with van der Waals surface area (Å²) in [6.07, 6.45) is 1.47. The number of rotatable bonds is 7. The molecule has 0 saturated carbocycles. The second-order valence-electron chi connectivity index (χ2n) is 5.83. The third-order valence-corrected chi connectivity index (χ3v) is 4.03. The number of benzene rings is 2. The highest BCUT2D eigenvalue weighted by atomic mass is 16.7. The summed E-state index contributed by atoms with van der Waals surface area (Å²) in [4.78, 5) is 30.8. The van der Waals surface area contributed by atoms with Crippen molar-refractivity contribution in [2.24, 2.45) is 0 Å². The standard InChI is InChI=1S/C21H20N2O5/c1-26-16-10-11-19(27-2)18(13-16)22-20(24)17-9-6-12-23(21(17)25)28-14-15-7-4-3-5-8-15/h3-13H,14H2,1-2H3,(H,22,24). The van der Waals surface area contributed by atoms with Crippen LogP contribution in [0.5, 0.6) is 11.5 Å². The van der Waals surface area contributed by atoms with E-state index in [1.54, 1.807) is 24.3 Å². The molecule has 144 valence electrons. The number of anilines is 1. The number of hydrogen-bond donors (Lipinski definition) is 1. The Kier molecular flexibility index (Phi) is 5.96. The van der Waals surface area contributed by atoms with Crippen molar-refractivity contribution < 1.29 is 19.1 Å². The Morgan fingerprint density at radius 3 is 2.50 bits per heavy atom. The van der Waals surface area contributed by atoms with Gasteiger partial charge in [0.15, 0.2) is 0 Å². The molecule has 0 spiro atoms. The second-order valence-corrected chi connectivity index (χ2v) is 5.83. The van der Waals surface area contributed by atoms with Crippen molar-refractivity contribution in [1.82, 2.24) is 4.73 Å². The van der Waals surface area contributed by atoms with Gasteiger partial charge in [-0.1, -0.05) is 30.3 Å². The number of hydrogen-bond acceptors (Lipinski definition) is 5. The maximum atomic E-state index is 12.7. The zero-order valence-corrected chi connectivity index (χ0v) is 15.5. The van der Waals surface area contributed by atoms with Gasteiger partial charge in [-0.15, -0.1) is 0 Å². The monoisotopic (exact) mass is 380 g/mol. The number of methoxy groups -OCH3 is 2. The van der Waals surface area contributed by atoms with E-state index in [2.05, 4.69) is 5.32 Å². The Labute approximate surface area is 162 Å². The Balaban J connectivity index is 1.80. The molecule has 28 heavy (non-hydrogen) atoms. The Morgan fingerprint density at radius 2 is 1.79 bits per heavy atom. The zero-order chi connectivity index (χ0) is 19.9. The Morgan fingerprint density at radius 1 is 1.00 bits per heavy atom. The van der Waals surface area contributed by atoms with Gasteiger partial charge < -0.3 is 19.6 Å². The number of pyridine rings is 1. The molecule has 0 aliphatic heterocycles. The highest BCUT2D eigenvalue weighted by molar-refractivity contribution is 6.04. The molecular formula is C21H20N2O5. The van der Waals surface area contributed by atoms with Gasteiger partial charge in [-0.2, -0.15) is 4.73 Å². The fraction of sp³-hybridized carbons (Fsp3) is 0.143. The van der Waals surface area contributed by atoms with Crippen LogP contribution in [0.3, 0.4) is 0 Å². The number of aromatic nitrogens is 1. The van der Waals surface area contributed by atoms with Gasteiger partial charge in [0.2, 0.25) is 0 Å². The van der Waals surface area contributed by atoms with Crippen LogP contribution in [0.2, 0.25) is 0 Å². The lowest BCUT2D eigenvalue weighted by atomic mass is 10.2. The van der Waals surface area contributed by atoms with E-state index < -0.39 is 11.5 Å². The van der Waals surface area contributed by atoms with Crippen LogP contribution in [-0.2, 0) is 6.61 Å². The largest absolute Gasteiger partial charge is 0.497 e. The molecule has 0 atom stereocenters. The van der Waals surface area contributed by atoms with E-state index in [1.807, 2.05) is 30.3 Å². The molecule has 7 heteroatoms. The molecule has 1 amide bonds. The lowest BCUT2D eigenvalue weighted by Crippen LogP contribution is -2.32. The van der Waals surface area contributed by atoms with Crippen molar-refractivity contribution >= 4 is 11.6 Å². The van der Waals surface area contributed by atoms with Crippen molar-refractivity contribution in [3.05, 3.63) is 88.3 Å². The minimum atomic E-state index is -0.575. The molecule has 0 aliphatic rings. The van der Waals surface area contributed by atoms with E-state index in [0.29, 0.717) is 17.2 Å². The second kappa shape index (κ2) is 8.77. The number of carbonyl (C=O) groups is 1. The fourth-order valence-corrected chi connectivity index (χ4v) is 2.57. The number of carbonyl (C=O) groups excluding carboxylic acids is 1. The summed E-state index contributed by atoms with van der Waals surface area (Å²) in [5.74, 6) is 0.424. The minimum Gasteiger partial charge on any atom is -0.497 e. The first-order chi connectivity index (χ1) is 13.6. The number of amides is 1. The van der Waals surface area contributed by atoms with E-state index >= 15 is 0 Å². The molecule has 3 rings (SSSR count). The van der Waals surface area contributed by atoms with Crippen LogP contribution in [0.4, 0.5) is 5.69 Å². The number of nitrogens with one attached hydrogen (secondary N) is 1. The van der Waals surface area contributed by atoms with Gasteiger partial charge in [-0.05, 0) is 29.8 Å². The number of ether oxygens (including phenoxy) is 2. The van der Waals surface area contributed by atoms with Crippen LogP contribution in [0.15, 0.2) is 71.7 Å². The molecule has 7 nitrogen and oxygen atoms in total. The zero-order valence-electron chi connectivity index (χ0n) is 15.5. The van der Waals surface area contributed by atoms with Crippen LogP contribution in [-0.4, -0.2) is 24.9 Å². The van der Waals surface area contributed by atoms with Crippen LogP contribution >= 0.6 is 0 Å². The highest BCUT2D eigenvalue weighted by Crippen LogP contribution is 2.29. The van der Waals surface area contributed by atoms with Gasteiger partial charge in [-0.25, -0.2) is 0 Å². The van der Waals surface area contributed by atoms with Crippen molar-refractivity contribution in [3.63, 3.8) is 0 Å². The minimum absolute atomic E-state index is 0.0552. The van der Waals surface area contributed by atoms with Crippen LogP contribution in [0.25, 0.3) is 0 Å². The summed E-state index contributed by atoms with van der Waals surface area (Å²) in [5.41, 5.74) is 0.690. The average molecular weight is 380 g/mol. The third kappa shape index (κ3) is 4.32. The maximum Gasteiger partial charge on any atom is 0.295 e. The maximum absolute atomic E-state index is 12.7. The molecule has 1 N–H and O–H groups in total. The van der Waals surface area contributed by atoms with Gasteiger partial charge in [-0.3, -0.25) is 9.59 Å². The summed E-state index contributed by atoms with van der Waals surface area (Å²) in [7, 11) is 3.01. The summed E-state index contributed by atoms with van der Waals surface area (Å²) in [5, 5.41) is 2.68. The lowest BCUT2D eigenvalue weighted by molar-refractivity contribution is 0.0863. The first-order valence-electron chi connectivity index (χ1n) is 8.54. The first-order valence-corrected chi connectivity index (χ1v) is 8.54. The predicted octanol–water partition coefficient (Wildman–Crippen LogP) is 2.75. The first kappa shape index (κ1) is 19.0. The Hall–Kier alpha value is -3.74. The third-order valence-electron chi connectivity index (χ3n) is 4.03. The molecule has 0 fully saturated rings. The predicted molar refractivity (Wildman–Crippen MR) is 105 cm³/mol. The Bertz CT molecular complexity index is 1010. The SMILES string of the molecule is COc1ccc(OC)c(NC(=O)c2cccn(OCc3ccccc3)c2=O)c1. The molecule has 0 radical (unpaired) electrons. The molecular weight excluding hydrogens is 360 g/mol.